The lowest BCUT2D eigenvalue weighted by molar-refractivity contribution is -0.156. The van der Waals surface area contributed by atoms with E-state index in [0.717, 1.165) is 0 Å². The van der Waals surface area contributed by atoms with Crippen molar-refractivity contribution in [2.45, 2.75) is 20.8 Å². The second kappa shape index (κ2) is 4.21. The van der Waals surface area contributed by atoms with Crippen molar-refractivity contribution in [2.75, 3.05) is 13.2 Å². The van der Waals surface area contributed by atoms with Crippen molar-refractivity contribution in [1.82, 2.24) is 0 Å². The van der Waals surface area contributed by atoms with Gasteiger partial charge in [-0.05, 0) is 5.41 Å². The minimum atomic E-state index is -0.965. The van der Waals surface area contributed by atoms with E-state index in [-0.39, 0.29) is 12.0 Å². The van der Waals surface area contributed by atoms with Crippen molar-refractivity contribution in [1.29, 1.82) is 0 Å². The summed E-state index contributed by atoms with van der Waals surface area (Å²) in [4.78, 5) is 21.2. The molecule has 0 fully saturated rings. The molecule has 0 aromatic carbocycles. The number of hydrogen-bond donors (Lipinski definition) is 1. The molecule has 0 aliphatic carbocycles. The van der Waals surface area contributed by atoms with Crippen LogP contribution in [0, 0.1) is 5.41 Å². The van der Waals surface area contributed by atoms with Crippen LogP contribution in [0.25, 0.3) is 0 Å². The van der Waals surface area contributed by atoms with Gasteiger partial charge in [0.2, 0.25) is 0 Å². The number of aliphatic hydroxyl groups is 1. The fourth-order valence-electron chi connectivity index (χ4n) is 0.427. The average molecular weight is 174 g/mol. The smallest absolute Gasteiger partial charge is 0.377 e. The molecular weight excluding hydrogens is 160 g/mol. The summed E-state index contributed by atoms with van der Waals surface area (Å²) in [6, 6.07) is 0. The number of hydrogen-bond acceptors (Lipinski definition) is 4. The van der Waals surface area contributed by atoms with Gasteiger partial charge < -0.3 is 9.84 Å². The van der Waals surface area contributed by atoms with Crippen LogP contribution in [-0.2, 0) is 14.3 Å². The van der Waals surface area contributed by atoms with Gasteiger partial charge in [0.15, 0.2) is 0 Å². The third-order valence-corrected chi connectivity index (χ3v) is 1.01. The van der Waals surface area contributed by atoms with E-state index in [1.54, 1.807) is 0 Å². The Morgan fingerprint density at radius 3 is 2.17 bits per heavy atom. The maximum Gasteiger partial charge on any atom is 0.377 e. The van der Waals surface area contributed by atoms with E-state index in [9.17, 15) is 9.59 Å². The molecule has 0 spiro atoms. The zero-order chi connectivity index (χ0) is 9.78. The van der Waals surface area contributed by atoms with E-state index in [2.05, 4.69) is 4.74 Å². The monoisotopic (exact) mass is 174 g/mol. The van der Waals surface area contributed by atoms with Crippen molar-refractivity contribution in [3.05, 3.63) is 0 Å². The van der Waals surface area contributed by atoms with E-state index in [1.807, 2.05) is 20.8 Å². The molecular formula is C8H14O4. The zero-order valence-corrected chi connectivity index (χ0v) is 7.59. The maximum atomic E-state index is 10.7. The Labute approximate surface area is 71.5 Å². The molecule has 1 N–H and O–H groups in total. The van der Waals surface area contributed by atoms with Gasteiger partial charge in [-0.15, -0.1) is 0 Å². The van der Waals surface area contributed by atoms with E-state index in [4.69, 9.17) is 5.11 Å². The Morgan fingerprint density at radius 2 is 1.83 bits per heavy atom. The molecule has 0 saturated heterocycles. The fraction of sp³-hybridized carbons (Fsp3) is 0.750. The van der Waals surface area contributed by atoms with Crippen molar-refractivity contribution < 1.29 is 19.4 Å². The van der Waals surface area contributed by atoms with Crippen molar-refractivity contribution in [2.24, 2.45) is 5.41 Å². The predicted octanol–water partition coefficient (Wildman–Crippen LogP) is 0.137. The largest absolute Gasteiger partial charge is 0.459 e. The summed E-state index contributed by atoms with van der Waals surface area (Å²) in [5.41, 5.74) is -0.161. The highest BCUT2D eigenvalue weighted by Gasteiger charge is 2.18. The lowest BCUT2D eigenvalue weighted by atomic mass is 9.99. The number of carbonyl (C=O) groups is 2. The van der Waals surface area contributed by atoms with Crippen LogP contribution < -0.4 is 0 Å². The van der Waals surface area contributed by atoms with Gasteiger partial charge in [0.05, 0.1) is 6.61 Å². The first kappa shape index (κ1) is 11.1. The van der Waals surface area contributed by atoms with Crippen LogP contribution in [-0.4, -0.2) is 30.1 Å². The molecule has 0 radical (unpaired) electrons. The molecule has 0 aromatic heterocycles. The Balaban J connectivity index is 3.80. The number of aliphatic hydroxyl groups excluding tert-OH is 1. The van der Waals surface area contributed by atoms with Gasteiger partial charge in [0.1, 0.15) is 6.61 Å². The van der Waals surface area contributed by atoms with Crippen LogP contribution in [0.2, 0.25) is 0 Å². The highest BCUT2D eigenvalue weighted by Crippen LogP contribution is 2.12. The Kier molecular flexibility index (Phi) is 3.89. The molecule has 4 heteroatoms. The molecule has 0 aliphatic rings. The quantitative estimate of drug-likeness (QED) is 0.488. The molecule has 0 amide bonds. The molecule has 0 atom stereocenters. The summed E-state index contributed by atoms with van der Waals surface area (Å²) in [6.45, 7) is 5.03. The van der Waals surface area contributed by atoms with Crippen LogP contribution in [0.5, 0.6) is 0 Å². The first-order valence-corrected chi connectivity index (χ1v) is 3.67. The SMILES string of the molecule is CC(C)(C)COC(=O)C(=O)CO. The zero-order valence-electron chi connectivity index (χ0n) is 7.59. The van der Waals surface area contributed by atoms with Crippen LogP contribution in [0.15, 0.2) is 0 Å². The summed E-state index contributed by atoms with van der Waals surface area (Å²) in [5.74, 6) is -1.87. The molecule has 4 nitrogen and oxygen atoms in total. The second-order valence-electron chi connectivity index (χ2n) is 3.72. The van der Waals surface area contributed by atoms with E-state index < -0.39 is 18.4 Å². The summed E-state index contributed by atoms with van der Waals surface area (Å²) in [5, 5.41) is 8.28. The van der Waals surface area contributed by atoms with Gasteiger partial charge >= 0.3 is 5.97 Å². The molecule has 0 saturated carbocycles. The number of rotatable bonds is 3. The lowest BCUT2D eigenvalue weighted by Crippen LogP contribution is -2.25. The summed E-state index contributed by atoms with van der Waals surface area (Å²) in [6.07, 6.45) is 0. The number of carbonyl (C=O) groups excluding carboxylic acids is 2. The maximum absolute atomic E-state index is 10.7. The summed E-state index contributed by atoms with van der Waals surface area (Å²) < 4.78 is 4.61. The van der Waals surface area contributed by atoms with Crippen molar-refractivity contribution in [3.8, 4) is 0 Å². The summed E-state index contributed by atoms with van der Waals surface area (Å²) in [7, 11) is 0. The van der Waals surface area contributed by atoms with Gasteiger partial charge in [-0.3, -0.25) is 4.79 Å². The van der Waals surface area contributed by atoms with Gasteiger partial charge in [-0.25, -0.2) is 4.79 Å². The van der Waals surface area contributed by atoms with Gasteiger partial charge in [-0.1, -0.05) is 20.8 Å². The molecule has 0 heterocycles. The van der Waals surface area contributed by atoms with Gasteiger partial charge in [-0.2, -0.15) is 0 Å². The van der Waals surface area contributed by atoms with E-state index in [0.29, 0.717) is 0 Å². The molecule has 0 unspecified atom stereocenters. The Hall–Kier alpha value is -0.900. The minimum Gasteiger partial charge on any atom is -0.459 e. The highest BCUT2D eigenvalue weighted by atomic mass is 16.5. The first-order valence-electron chi connectivity index (χ1n) is 3.67. The number of Topliss-reactive ketones (excluding diaryl/α,β-unsaturated/α-hetero) is 1. The van der Waals surface area contributed by atoms with Crippen LogP contribution in [0.3, 0.4) is 0 Å². The van der Waals surface area contributed by atoms with Gasteiger partial charge in [0.25, 0.3) is 5.78 Å². The van der Waals surface area contributed by atoms with Crippen LogP contribution in [0.4, 0.5) is 0 Å². The van der Waals surface area contributed by atoms with E-state index >= 15 is 0 Å². The molecule has 12 heavy (non-hydrogen) atoms. The molecule has 0 bridgehead atoms. The molecule has 0 rings (SSSR count). The fourth-order valence-corrected chi connectivity index (χ4v) is 0.427. The van der Waals surface area contributed by atoms with E-state index in [1.165, 1.54) is 0 Å². The predicted molar refractivity (Wildman–Crippen MR) is 42.5 cm³/mol. The molecule has 0 aromatic rings. The Morgan fingerprint density at radius 1 is 1.33 bits per heavy atom. The third-order valence-electron chi connectivity index (χ3n) is 1.01. The van der Waals surface area contributed by atoms with Crippen LogP contribution >= 0.6 is 0 Å². The van der Waals surface area contributed by atoms with Gasteiger partial charge in [0, 0.05) is 0 Å². The highest BCUT2D eigenvalue weighted by molar-refractivity contribution is 6.34. The van der Waals surface area contributed by atoms with Crippen molar-refractivity contribution >= 4 is 11.8 Å². The average Bonchev–Trinajstić information content (AvgIpc) is 1.97. The molecule has 70 valence electrons. The van der Waals surface area contributed by atoms with Crippen molar-refractivity contribution in [3.63, 3.8) is 0 Å². The second-order valence-corrected chi connectivity index (χ2v) is 3.72. The molecule has 0 aliphatic heterocycles. The minimum absolute atomic E-state index is 0.161. The third kappa shape index (κ3) is 4.85. The first-order chi connectivity index (χ1) is 5.37. The number of esters is 1. The lowest BCUT2D eigenvalue weighted by Gasteiger charge is -2.16. The standard InChI is InChI=1S/C8H14O4/c1-8(2,3)5-12-7(11)6(10)4-9/h9H,4-5H2,1-3H3. The normalized spacial score (nSPS) is 11.0. The number of ketones is 1. The topological polar surface area (TPSA) is 63.6 Å². The number of ether oxygens (including phenoxy) is 1. The Bertz CT molecular complexity index is 178. The summed E-state index contributed by atoms with van der Waals surface area (Å²) >= 11 is 0. The van der Waals surface area contributed by atoms with Crippen LogP contribution in [0.1, 0.15) is 20.8 Å².